The van der Waals surface area contributed by atoms with Crippen LogP contribution in [0.15, 0.2) is 34.9 Å². The zero-order valence-electron chi connectivity index (χ0n) is 12.7. The van der Waals surface area contributed by atoms with Crippen LogP contribution in [0, 0.1) is 0 Å². The Balaban J connectivity index is 0.00000192. The molecular weight excluding hydrogens is 320 g/mol. The van der Waals surface area contributed by atoms with E-state index in [-0.39, 0.29) is 30.4 Å². The molecule has 2 unspecified atom stereocenters. The fourth-order valence-electron chi connectivity index (χ4n) is 2.22. The van der Waals surface area contributed by atoms with Crippen molar-refractivity contribution in [2.24, 2.45) is 0 Å². The summed E-state index contributed by atoms with van der Waals surface area (Å²) in [6.07, 6.45) is 0. The van der Waals surface area contributed by atoms with Gasteiger partial charge in [0, 0.05) is 12.1 Å². The number of nitrogens with zero attached hydrogens (tertiary/aromatic N) is 2. The number of ether oxygens (including phenoxy) is 1. The summed E-state index contributed by atoms with van der Waals surface area (Å²) in [5.41, 5.74) is 0.849. The molecule has 1 fully saturated rings. The van der Waals surface area contributed by atoms with Crippen LogP contribution in [0.5, 0.6) is 0 Å². The van der Waals surface area contributed by atoms with E-state index in [4.69, 9.17) is 9.26 Å². The predicted octanol–water partition coefficient (Wildman–Crippen LogP) is 1.32. The molecule has 2 N–H and O–H groups in total. The van der Waals surface area contributed by atoms with E-state index in [9.17, 15) is 4.79 Å². The van der Waals surface area contributed by atoms with Crippen molar-refractivity contribution in [2.45, 2.75) is 19.0 Å². The summed E-state index contributed by atoms with van der Waals surface area (Å²) in [6, 6.07) is 8.84. The van der Waals surface area contributed by atoms with E-state index >= 15 is 0 Å². The Morgan fingerprint density at radius 1 is 1.39 bits per heavy atom. The van der Waals surface area contributed by atoms with E-state index in [0.717, 1.165) is 5.56 Å². The number of halogens is 1. The first-order chi connectivity index (χ1) is 10.7. The van der Waals surface area contributed by atoms with Crippen LogP contribution in [0.3, 0.4) is 0 Å². The van der Waals surface area contributed by atoms with Crippen LogP contribution in [-0.4, -0.2) is 41.8 Å². The summed E-state index contributed by atoms with van der Waals surface area (Å²) in [5.74, 6) is 0.762. The van der Waals surface area contributed by atoms with Crippen molar-refractivity contribution in [3.63, 3.8) is 0 Å². The molecule has 2 heterocycles. The summed E-state index contributed by atoms with van der Waals surface area (Å²) in [4.78, 5) is 16.5. The number of rotatable bonds is 4. The molecule has 0 spiro atoms. The molecule has 0 aliphatic carbocycles. The van der Waals surface area contributed by atoms with Gasteiger partial charge < -0.3 is 19.9 Å². The second kappa shape index (κ2) is 8.05. The summed E-state index contributed by atoms with van der Waals surface area (Å²) >= 11 is 0. The minimum atomic E-state index is -0.336. The molecular formula is C15H19ClN4O3. The lowest BCUT2D eigenvalue weighted by Gasteiger charge is -2.23. The first-order valence-electron chi connectivity index (χ1n) is 7.24. The molecule has 1 amide bonds. The number of carbonyl (C=O) groups excluding carboxylic acids is 1. The Morgan fingerprint density at radius 3 is 2.87 bits per heavy atom. The van der Waals surface area contributed by atoms with Gasteiger partial charge in [-0.2, -0.15) is 4.98 Å². The van der Waals surface area contributed by atoms with Gasteiger partial charge in [0.25, 0.3) is 5.89 Å². The van der Waals surface area contributed by atoms with Crippen molar-refractivity contribution < 1.29 is 14.1 Å². The van der Waals surface area contributed by atoms with Gasteiger partial charge in [0.05, 0.1) is 19.3 Å². The summed E-state index contributed by atoms with van der Waals surface area (Å²) in [7, 11) is 0. The maximum Gasteiger partial charge on any atom is 0.257 e. The number of benzene rings is 1. The summed E-state index contributed by atoms with van der Waals surface area (Å²) in [6.45, 7) is 3.50. The lowest BCUT2D eigenvalue weighted by atomic mass is 10.2. The van der Waals surface area contributed by atoms with Gasteiger partial charge in [0.1, 0.15) is 6.04 Å². The molecule has 2 aromatic rings. The van der Waals surface area contributed by atoms with Gasteiger partial charge in [-0.25, -0.2) is 0 Å². The van der Waals surface area contributed by atoms with Gasteiger partial charge >= 0.3 is 0 Å². The SMILES string of the molecule is CC(NC(=O)C1COCCN1)c1noc(-c2ccccc2)n1.Cl. The first-order valence-corrected chi connectivity index (χ1v) is 7.24. The highest BCUT2D eigenvalue weighted by molar-refractivity contribution is 5.85. The quantitative estimate of drug-likeness (QED) is 0.874. The van der Waals surface area contributed by atoms with Gasteiger partial charge in [0.2, 0.25) is 5.91 Å². The van der Waals surface area contributed by atoms with E-state index in [0.29, 0.717) is 31.5 Å². The fraction of sp³-hybridized carbons (Fsp3) is 0.400. The van der Waals surface area contributed by atoms with Crippen LogP contribution in [0.2, 0.25) is 0 Å². The van der Waals surface area contributed by atoms with Gasteiger partial charge in [0.15, 0.2) is 5.82 Å². The van der Waals surface area contributed by atoms with Crippen LogP contribution in [0.25, 0.3) is 11.5 Å². The number of nitrogens with one attached hydrogen (secondary N) is 2. The van der Waals surface area contributed by atoms with E-state index in [1.165, 1.54) is 0 Å². The minimum Gasteiger partial charge on any atom is -0.378 e. The lowest BCUT2D eigenvalue weighted by Crippen LogP contribution is -2.51. The smallest absolute Gasteiger partial charge is 0.257 e. The average molecular weight is 339 g/mol. The highest BCUT2D eigenvalue weighted by atomic mass is 35.5. The molecule has 8 heteroatoms. The van der Waals surface area contributed by atoms with Gasteiger partial charge in [-0.05, 0) is 19.1 Å². The Kier molecular flexibility index (Phi) is 6.09. The van der Waals surface area contributed by atoms with Crippen LogP contribution in [-0.2, 0) is 9.53 Å². The van der Waals surface area contributed by atoms with Crippen LogP contribution in [0.4, 0.5) is 0 Å². The molecule has 1 aliphatic heterocycles. The standard InChI is InChI=1S/C15H18N4O3.ClH/c1-10(17-14(20)12-9-21-8-7-16-12)13-18-15(22-19-13)11-5-3-2-4-6-11;/h2-6,10,12,16H,7-9H2,1H3,(H,17,20);1H. The predicted molar refractivity (Wildman–Crippen MR) is 86.1 cm³/mol. The zero-order chi connectivity index (χ0) is 15.4. The molecule has 124 valence electrons. The first kappa shape index (κ1) is 17.4. The summed E-state index contributed by atoms with van der Waals surface area (Å²) < 4.78 is 10.5. The third-order valence-electron chi connectivity index (χ3n) is 3.45. The van der Waals surface area contributed by atoms with Crippen molar-refractivity contribution in [3.8, 4) is 11.5 Å². The maximum absolute atomic E-state index is 12.1. The number of hydrogen-bond acceptors (Lipinski definition) is 6. The Bertz CT molecular complexity index is 629. The van der Waals surface area contributed by atoms with Crippen molar-refractivity contribution in [1.29, 1.82) is 0 Å². The minimum absolute atomic E-state index is 0. The molecule has 0 saturated carbocycles. The highest BCUT2D eigenvalue weighted by Crippen LogP contribution is 2.18. The van der Waals surface area contributed by atoms with Crippen LogP contribution in [0.1, 0.15) is 18.8 Å². The number of hydrogen-bond donors (Lipinski definition) is 2. The molecule has 1 saturated heterocycles. The molecule has 0 bridgehead atoms. The number of morpholine rings is 1. The summed E-state index contributed by atoms with van der Waals surface area (Å²) in [5, 5.41) is 9.91. The number of carbonyl (C=O) groups is 1. The van der Waals surface area contributed by atoms with Crippen LogP contribution >= 0.6 is 12.4 Å². The van der Waals surface area contributed by atoms with E-state index < -0.39 is 0 Å². The Hall–Kier alpha value is -1.96. The fourth-order valence-corrected chi connectivity index (χ4v) is 2.22. The van der Waals surface area contributed by atoms with Crippen molar-refractivity contribution >= 4 is 18.3 Å². The van der Waals surface area contributed by atoms with E-state index in [1.54, 1.807) is 0 Å². The van der Waals surface area contributed by atoms with Gasteiger partial charge in [-0.3, -0.25) is 4.79 Å². The largest absolute Gasteiger partial charge is 0.378 e. The Labute approximate surface area is 140 Å². The second-order valence-electron chi connectivity index (χ2n) is 5.14. The molecule has 2 atom stereocenters. The van der Waals surface area contributed by atoms with Gasteiger partial charge in [-0.15, -0.1) is 12.4 Å². The van der Waals surface area contributed by atoms with Crippen molar-refractivity contribution in [3.05, 3.63) is 36.2 Å². The molecule has 23 heavy (non-hydrogen) atoms. The average Bonchev–Trinajstić information content (AvgIpc) is 3.06. The van der Waals surface area contributed by atoms with Crippen molar-refractivity contribution in [1.82, 2.24) is 20.8 Å². The second-order valence-corrected chi connectivity index (χ2v) is 5.14. The normalized spacial score (nSPS) is 18.7. The molecule has 0 radical (unpaired) electrons. The Morgan fingerprint density at radius 2 is 2.17 bits per heavy atom. The topological polar surface area (TPSA) is 89.3 Å². The third kappa shape index (κ3) is 4.28. The molecule has 7 nitrogen and oxygen atoms in total. The molecule has 1 aromatic carbocycles. The molecule has 3 rings (SSSR count). The third-order valence-corrected chi connectivity index (χ3v) is 3.45. The maximum atomic E-state index is 12.1. The molecule has 1 aromatic heterocycles. The highest BCUT2D eigenvalue weighted by Gasteiger charge is 2.24. The van der Waals surface area contributed by atoms with E-state index in [2.05, 4.69) is 20.8 Å². The van der Waals surface area contributed by atoms with Crippen molar-refractivity contribution in [2.75, 3.05) is 19.8 Å². The molecule has 1 aliphatic rings. The van der Waals surface area contributed by atoms with Gasteiger partial charge in [-0.1, -0.05) is 23.4 Å². The monoisotopic (exact) mass is 338 g/mol. The number of aromatic nitrogens is 2. The van der Waals surface area contributed by atoms with E-state index in [1.807, 2.05) is 37.3 Å². The lowest BCUT2D eigenvalue weighted by molar-refractivity contribution is -0.126. The number of amides is 1. The zero-order valence-corrected chi connectivity index (χ0v) is 13.5. The van der Waals surface area contributed by atoms with Crippen LogP contribution < -0.4 is 10.6 Å².